The van der Waals surface area contributed by atoms with Gasteiger partial charge in [-0.3, -0.25) is 14.5 Å². The van der Waals surface area contributed by atoms with Gasteiger partial charge in [0.05, 0.1) is 5.88 Å². The lowest BCUT2D eigenvalue weighted by atomic mass is 9.91. The normalized spacial score (nSPS) is 19.1. The topological polar surface area (TPSA) is 99.8 Å². The van der Waals surface area contributed by atoms with Crippen molar-refractivity contribution >= 4 is 41.4 Å². The summed E-state index contributed by atoms with van der Waals surface area (Å²) >= 11 is 3.25. The second-order valence-electron chi connectivity index (χ2n) is 11.0. The number of rotatable bonds is 12. The van der Waals surface area contributed by atoms with E-state index in [9.17, 15) is 14.4 Å². The number of ether oxygens (including phenoxy) is 1. The molecule has 0 bridgehead atoms. The van der Waals surface area contributed by atoms with E-state index in [1.165, 1.54) is 54.3 Å². The Labute approximate surface area is 236 Å². The summed E-state index contributed by atoms with van der Waals surface area (Å²) < 4.78 is 5.50. The van der Waals surface area contributed by atoms with Gasteiger partial charge in [0.15, 0.2) is 0 Å². The number of nitrogens with one attached hydrogen (secondary N) is 3. The van der Waals surface area contributed by atoms with Gasteiger partial charge in [-0.2, -0.15) is 11.8 Å². The first-order chi connectivity index (χ1) is 18.2. The zero-order chi connectivity index (χ0) is 27.4. The van der Waals surface area contributed by atoms with E-state index >= 15 is 0 Å². The molecule has 0 spiro atoms. The third-order valence-corrected chi connectivity index (χ3v) is 8.87. The zero-order valence-electron chi connectivity index (χ0n) is 23.0. The van der Waals surface area contributed by atoms with Gasteiger partial charge in [-0.05, 0) is 50.8 Å². The number of thioether (sulfide) groups is 2. The van der Waals surface area contributed by atoms with Crippen molar-refractivity contribution in [3.63, 3.8) is 0 Å². The van der Waals surface area contributed by atoms with Crippen LogP contribution in [0.2, 0.25) is 0 Å². The van der Waals surface area contributed by atoms with Crippen LogP contribution in [0.25, 0.3) is 0 Å². The number of carbonyl (C=O) groups excluding carboxylic acids is 3. The van der Waals surface area contributed by atoms with E-state index < -0.39 is 23.8 Å². The SMILES string of the molecule is CC(C)(C)OC(=O)N1CSC[C@H]1C(=O)N[C@@H](CSCC1CCCCC1)C(=O)NCCNCc1ccccc1. The molecule has 0 unspecified atom stereocenters. The van der Waals surface area contributed by atoms with Crippen LogP contribution in [-0.2, 0) is 20.9 Å². The first-order valence-corrected chi connectivity index (χ1v) is 16.0. The minimum Gasteiger partial charge on any atom is -0.444 e. The van der Waals surface area contributed by atoms with E-state index in [-0.39, 0.29) is 11.8 Å². The minimum atomic E-state index is -0.656. The van der Waals surface area contributed by atoms with Crippen molar-refractivity contribution < 1.29 is 19.1 Å². The first kappa shape index (κ1) is 30.6. The average molecular weight is 565 g/mol. The molecule has 2 fully saturated rings. The Bertz CT molecular complexity index is 891. The molecule has 1 aliphatic carbocycles. The molecule has 8 nitrogen and oxygen atoms in total. The van der Waals surface area contributed by atoms with Gasteiger partial charge >= 0.3 is 6.09 Å². The fourth-order valence-electron chi connectivity index (χ4n) is 4.54. The van der Waals surface area contributed by atoms with Crippen molar-refractivity contribution in [2.24, 2.45) is 5.92 Å². The Balaban J connectivity index is 1.52. The Hall–Kier alpha value is -1.91. The summed E-state index contributed by atoms with van der Waals surface area (Å²) in [5, 5.41) is 9.27. The van der Waals surface area contributed by atoms with Crippen LogP contribution in [0.4, 0.5) is 4.79 Å². The maximum absolute atomic E-state index is 13.3. The van der Waals surface area contributed by atoms with E-state index in [1.54, 1.807) is 11.8 Å². The number of hydrogen-bond donors (Lipinski definition) is 3. The molecular formula is C28H44N4O4S2. The Kier molecular flexibility index (Phi) is 12.6. The molecule has 2 atom stereocenters. The average Bonchev–Trinajstić information content (AvgIpc) is 3.39. The third kappa shape index (κ3) is 10.7. The number of amides is 3. The molecular weight excluding hydrogens is 520 g/mol. The lowest BCUT2D eigenvalue weighted by molar-refractivity contribution is -0.130. The van der Waals surface area contributed by atoms with Crippen LogP contribution < -0.4 is 16.0 Å². The van der Waals surface area contributed by atoms with Crippen LogP contribution in [-0.4, -0.2) is 76.7 Å². The lowest BCUT2D eigenvalue weighted by Gasteiger charge is -2.28. The molecule has 1 aromatic rings. The molecule has 1 saturated heterocycles. The highest BCUT2D eigenvalue weighted by Crippen LogP contribution is 2.27. The molecule has 1 aliphatic heterocycles. The molecule has 3 rings (SSSR count). The molecule has 212 valence electrons. The van der Waals surface area contributed by atoms with E-state index in [0.29, 0.717) is 36.4 Å². The maximum atomic E-state index is 13.3. The Morgan fingerprint density at radius 1 is 1.11 bits per heavy atom. The predicted molar refractivity (Wildman–Crippen MR) is 156 cm³/mol. The summed E-state index contributed by atoms with van der Waals surface area (Å²) in [5.74, 6) is 2.58. The molecule has 0 radical (unpaired) electrons. The highest BCUT2D eigenvalue weighted by atomic mass is 32.2. The summed E-state index contributed by atoms with van der Waals surface area (Å²) in [4.78, 5) is 40.5. The smallest absolute Gasteiger partial charge is 0.411 e. The standard InChI is InChI=1S/C28H44N4O4S2/c1-28(2,3)36-27(35)32-20-38-19-24(32)26(34)31-23(18-37-17-22-12-8-5-9-13-22)25(33)30-15-14-29-16-21-10-6-4-7-11-21/h4,6-7,10-11,22-24,29H,5,8-9,12-20H2,1-3H3,(H,30,33)(H,31,34)/t23-,24-/m0/s1. The second-order valence-corrected chi connectivity index (χ2v) is 13.1. The van der Waals surface area contributed by atoms with Crippen LogP contribution in [0.1, 0.15) is 58.4 Å². The van der Waals surface area contributed by atoms with Crippen molar-refractivity contribution in [1.82, 2.24) is 20.9 Å². The lowest BCUT2D eigenvalue weighted by Crippen LogP contribution is -2.55. The molecule has 0 aromatic heterocycles. The summed E-state index contributed by atoms with van der Waals surface area (Å²) in [7, 11) is 0. The third-order valence-electron chi connectivity index (χ3n) is 6.58. The monoisotopic (exact) mass is 564 g/mol. The highest BCUT2D eigenvalue weighted by Gasteiger charge is 2.38. The molecule has 3 amide bonds. The Morgan fingerprint density at radius 3 is 2.55 bits per heavy atom. The molecule has 1 heterocycles. The number of hydrogen-bond acceptors (Lipinski definition) is 7. The van der Waals surface area contributed by atoms with Crippen LogP contribution in [0.5, 0.6) is 0 Å². The second kappa shape index (κ2) is 15.6. The van der Waals surface area contributed by atoms with Crippen molar-refractivity contribution in [3.8, 4) is 0 Å². The van der Waals surface area contributed by atoms with Crippen LogP contribution >= 0.6 is 23.5 Å². The molecule has 38 heavy (non-hydrogen) atoms. The predicted octanol–water partition coefficient (Wildman–Crippen LogP) is 4.00. The van der Waals surface area contributed by atoms with E-state index in [1.807, 2.05) is 39.0 Å². The molecule has 3 N–H and O–H groups in total. The van der Waals surface area contributed by atoms with Gasteiger partial charge < -0.3 is 20.7 Å². The van der Waals surface area contributed by atoms with Gasteiger partial charge in [-0.15, -0.1) is 11.8 Å². The van der Waals surface area contributed by atoms with E-state index in [2.05, 4.69) is 28.1 Å². The number of benzene rings is 1. The number of carbonyl (C=O) groups is 3. The van der Waals surface area contributed by atoms with Crippen LogP contribution in [0.3, 0.4) is 0 Å². The molecule has 10 heteroatoms. The highest BCUT2D eigenvalue weighted by molar-refractivity contribution is 7.99. The van der Waals surface area contributed by atoms with Gasteiger partial charge in [0, 0.05) is 31.1 Å². The van der Waals surface area contributed by atoms with Gasteiger partial charge in [0.1, 0.15) is 17.7 Å². The summed E-state index contributed by atoms with van der Waals surface area (Å²) in [6.45, 7) is 7.25. The van der Waals surface area contributed by atoms with Gasteiger partial charge in [0.2, 0.25) is 11.8 Å². The molecule has 2 aliphatic rings. The fraction of sp³-hybridized carbons (Fsp3) is 0.679. The molecule has 1 saturated carbocycles. The van der Waals surface area contributed by atoms with Crippen molar-refractivity contribution in [2.75, 3.05) is 36.2 Å². The summed E-state index contributed by atoms with van der Waals surface area (Å²) in [6.07, 6.45) is 5.86. The van der Waals surface area contributed by atoms with E-state index in [4.69, 9.17) is 4.74 Å². The van der Waals surface area contributed by atoms with Gasteiger partial charge in [-0.25, -0.2) is 4.79 Å². The first-order valence-electron chi connectivity index (χ1n) is 13.7. The number of nitrogens with zero attached hydrogens (tertiary/aromatic N) is 1. The largest absolute Gasteiger partial charge is 0.444 e. The molecule has 1 aromatic carbocycles. The van der Waals surface area contributed by atoms with Crippen molar-refractivity contribution in [3.05, 3.63) is 35.9 Å². The van der Waals surface area contributed by atoms with Gasteiger partial charge in [0.25, 0.3) is 0 Å². The van der Waals surface area contributed by atoms with Crippen LogP contribution in [0.15, 0.2) is 30.3 Å². The minimum absolute atomic E-state index is 0.189. The van der Waals surface area contributed by atoms with Gasteiger partial charge in [-0.1, -0.05) is 49.6 Å². The van der Waals surface area contributed by atoms with Crippen LogP contribution in [0, 0.1) is 5.92 Å². The zero-order valence-corrected chi connectivity index (χ0v) is 24.6. The van der Waals surface area contributed by atoms with E-state index in [0.717, 1.165) is 12.3 Å². The quantitative estimate of drug-likeness (QED) is 0.330. The fourth-order valence-corrected chi connectivity index (χ4v) is 6.96. The van der Waals surface area contributed by atoms with Crippen molar-refractivity contribution in [1.29, 1.82) is 0 Å². The van der Waals surface area contributed by atoms with Crippen molar-refractivity contribution in [2.45, 2.75) is 77.1 Å². The summed E-state index contributed by atoms with van der Waals surface area (Å²) in [6, 6.07) is 8.80. The maximum Gasteiger partial charge on any atom is 0.411 e. The Morgan fingerprint density at radius 2 is 1.84 bits per heavy atom. The summed E-state index contributed by atoms with van der Waals surface area (Å²) in [5.41, 5.74) is 0.546.